The van der Waals surface area contributed by atoms with Crippen molar-refractivity contribution >= 4 is 11.6 Å². The molecule has 3 aromatic heterocycles. The van der Waals surface area contributed by atoms with Crippen molar-refractivity contribution in [3.63, 3.8) is 0 Å². The Morgan fingerprint density at radius 1 is 1.13 bits per heavy atom. The number of anilines is 1. The maximum atomic E-state index is 5.46. The van der Waals surface area contributed by atoms with Crippen LogP contribution in [-0.4, -0.2) is 50.9 Å². The summed E-state index contributed by atoms with van der Waals surface area (Å²) in [6.45, 7) is 1.55. The molecule has 1 aromatic carbocycles. The van der Waals surface area contributed by atoms with Gasteiger partial charge in [0, 0.05) is 49.2 Å². The van der Waals surface area contributed by atoms with Crippen LogP contribution in [-0.2, 0) is 11.2 Å². The van der Waals surface area contributed by atoms with Crippen LogP contribution in [0.5, 0.6) is 5.75 Å². The highest BCUT2D eigenvalue weighted by atomic mass is 16.5. The number of aromatic nitrogens is 5. The summed E-state index contributed by atoms with van der Waals surface area (Å²) in [7, 11) is 1.68. The summed E-state index contributed by atoms with van der Waals surface area (Å²) in [4.78, 5) is 9.08. The molecule has 0 saturated carbocycles. The minimum absolute atomic E-state index is 0.348. The van der Waals surface area contributed by atoms with Gasteiger partial charge in [0.15, 0.2) is 5.65 Å². The van der Waals surface area contributed by atoms with Crippen molar-refractivity contribution in [2.24, 2.45) is 0 Å². The third kappa shape index (κ3) is 4.20. The fourth-order valence-electron chi connectivity index (χ4n) is 3.85. The number of hydrogen-bond donors (Lipinski definition) is 1. The average Bonchev–Trinajstić information content (AvgIpc) is 3.22. The molecular weight excluding hydrogens is 392 g/mol. The van der Waals surface area contributed by atoms with E-state index >= 15 is 0 Å². The van der Waals surface area contributed by atoms with Crippen molar-refractivity contribution in [2.75, 3.05) is 25.6 Å². The number of benzene rings is 1. The summed E-state index contributed by atoms with van der Waals surface area (Å²) >= 11 is 0. The number of nitrogens with one attached hydrogen (secondary N) is 1. The Bertz CT molecular complexity index is 1190. The average molecular weight is 416 g/mol. The van der Waals surface area contributed by atoms with Crippen LogP contribution in [0.2, 0.25) is 0 Å². The monoisotopic (exact) mass is 416 g/mol. The number of fused-ring (bicyclic) bond motifs is 1. The van der Waals surface area contributed by atoms with Gasteiger partial charge in [0.1, 0.15) is 11.6 Å². The molecule has 31 heavy (non-hydrogen) atoms. The van der Waals surface area contributed by atoms with E-state index in [4.69, 9.17) is 14.5 Å². The standard InChI is InChI=1S/C23H24N6O2/c1-30-20-5-3-2-4-17(20)15-22-28-27-21-14-16(7-11-29(21)22)19-6-10-24-23(26-19)25-18-8-12-31-13-9-18/h2-7,10-11,14,18H,8-9,12-13,15H2,1H3,(H,24,25,26). The van der Waals surface area contributed by atoms with E-state index < -0.39 is 0 Å². The fourth-order valence-corrected chi connectivity index (χ4v) is 3.85. The number of para-hydroxylation sites is 1. The second-order valence-corrected chi connectivity index (χ2v) is 7.54. The van der Waals surface area contributed by atoms with Crippen LogP contribution in [0.25, 0.3) is 16.9 Å². The van der Waals surface area contributed by atoms with E-state index in [1.54, 1.807) is 13.3 Å². The van der Waals surface area contributed by atoms with Crippen LogP contribution in [0.1, 0.15) is 24.2 Å². The van der Waals surface area contributed by atoms with E-state index in [0.717, 1.165) is 60.1 Å². The lowest BCUT2D eigenvalue weighted by molar-refractivity contribution is 0.0903. The molecule has 158 valence electrons. The van der Waals surface area contributed by atoms with Crippen LogP contribution in [0, 0.1) is 0 Å². The molecule has 1 aliphatic rings. The van der Waals surface area contributed by atoms with Crippen LogP contribution in [0.3, 0.4) is 0 Å². The molecule has 1 saturated heterocycles. The van der Waals surface area contributed by atoms with Crippen LogP contribution >= 0.6 is 0 Å². The first kappa shape index (κ1) is 19.4. The Morgan fingerprint density at radius 2 is 2.00 bits per heavy atom. The highest BCUT2D eigenvalue weighted by molar-refractivity contribution is 5.64. The van der Waals surface area contributed by atoms with Gasteiger partial charge >= 0.3 is 0 Å². The predicted molar refractivity (Wildman–Crippen MR) is 117 cm³/mol. The van der Waals surface area contributed by atoms with Gasteiger partial charge in [0.25, 0.3) is 0 Å². The molecule has 8 heteroatoms. The smallest absolute Gasteiger partial charge is 0.223 e. The molecule has 5 rings (SSSR count). The molecule has 4 heterocycles. The van der Waals surface area contributed by atoms with Gasteiger partial charge in [-0.25, -0.2) is 9.97 Å². The number of pyridine rings is 1. The van der Waals surface area contributed by atoms with Crippen molar-refractivity contribution in [3.05, 3.63) is 66.2 Å². The Kier molecular flexibility index (Phi) is 5.45. The number of hydrogen-bond acceptors (Lipinski definition) is 7. The first-order valence-electron chi connectivity index (χ1n) is 10.4. The molecule has 4 aromatic rings. The third-order valence-corrected chi connectivity index (χ3v) is 5.53. The van der Waals surface area contributed by atoms with Gasteiger partial charge in [-0.1, -0.05) is 18.2 Å². The third-order valence-electron chi connectivity index (χ3n) is 5.53. The van der Waals surface area contributed by atoms with Gasteiger partial charge in [-0.05, 0) is 37.1 Å². The summed E-state index contributed by atoms with van der Waals surface area (Å²) < 4.78 is 12.9. The van der Waals surface area contributed by atoms with E-state index in [-0.39, 0.29) is 0 Å². The predicted octanol–water partition coefficient (Wildman–Crippen LogP) is 3.38. The topological polar surface area (TPSA) is 86.5 Å². The maximum Gasteiger partial charge on any atom is 0.223 e. The minimum atomic E-state index is 0.348. The number of nitrogens with zero attached hydrogens (tertiary/aromatic N) is 5. The Morgan fingerprint density at radius 3 is 2.87 bits per heavy atom. The maximum absolute atomic E-state index is 5.46. The molecular formula is C23H24N6O2. The molecule has 1 aliphatic heterocycles. The van der Waals surface area contributed by atoms with Crippen molar-refractivity contribution in [2.45, 2.75) is 25.3 Å². The Balaban J connectivity index is 1.39. The van der Waals surface area contributed by atoms with Crippen molar-refractivity contribution < 1.29 is 9.47 Å². The lowest BCUT2D eigenvalue weighted by Gasteiger charge is -2.23. The van der Waals surface area contributed by atoms with Crippen LogP contribution in [0.15, 0.2) is 54.9 Å². The molecule has 0 spiro atoms. The second kappa shape index (κ2) is 8.69. The quantitative estimate of drug-likeness (QED) is 0.516. The zero-order valence-electron chi connectivity index (χ0n) is 17.4. The van der Waals surface area contributed by atoms with Gasteiger partial charge in [0.05, 0.1) is 12.8 Å². The molecule has 1 fully saturated rings. The lowest BCUT2D eigenvalue weighted by Crippen LogP contribution is -2.28. The first-order chi connectivity index (χ1) is 15.3. The number of ether oxygens (including phenoxy) is 2. The van der Waals surface area contributed by atoms with Crippen LogP contribution < -0.4 is 10.1 Å². The SMILES string of the molecule is COc1ccccc1Cc1nnc2cc(-c3ccnc(NC4CCOCC4)n3)ccn12. The normalized spacial score (nSPS) is 14.6. The minimum Gasteiger partial charge on any atom is -0.496 e. The van der Waals surface area contributed by atoms with Gasteiger partial charge in [-0.2, -0.15) is 0 Å². The molecule has 0 bridgehead atoms. The zero-order valence-corrected chi connectivity index (χ0v) is 17.4. The second-order valence-electron chi connectivity index (χ2n) is 7.54. The highest BCUT2D eigenvalue weighted by Crippen LogP contribution is 2.23. The van der Waals surface area contributed by atoms with Crippen LogP contribution in [0.4, 0.5) is 5.95 Å². The lowest BCUT2D eigenvalue weighted by atomic mass is 10.1. The van der Waals surface area contributed by atoms with Crippen molar-refractivity contribution in [3.8, 4) is 17.0 Å². The van der Waals surface area contributed by atoms with Gasteiger partial charge < -0.3 is 14.8 Å². The summed E-state index contributed by atoms with van der Waals surface area (Å²) in [6, 6.07) is 14.2. The first-order valence-corrected chi connectivity index (χ1v) is 10.4. The summed E-state index contributed by atoms with van der Waals surface area (Å²) in [5.74, 6) is 2.35. The summed E-state index contributed by atoms with van der Waals surface area (Å²) in [5.41, 5.74) is 3.67. The van der Waals surface area contributed by atoms with Crippen molar-refractivity contribution in [1.29, 1.82) is 0 Å². The van der Waals surface area contributed by atoms with Crippen molar-refractivity contribution in [1.82, 2.24) is 24.6 Å². The van der Waals surface area contributed by atoms with E-state index in [1.165, 1.54) is 0 Å². The van der Waals surface area contributed by atoms with Gasteiger partial charge in [0.2, 0.25) is 5.95 Å². The van der Waals surface area contributed by atoms with Gasteiger partial charge in [-0.15, -0.1) is 10.2 Å². The van der Waals surface area contributed by atoms with E-state index in [0.29, 0.717) is 18.4 Å². The largest absolute Gasteiger partial charge is 0.496 e. The molecule has 0 atom stereocenters. The molecule has 8 nitrogen and oxygen atoms in total. The summed E-state index contributed by atoms with van der Waals surface area (Å²) in [6.07, 6.45) is 6.34. The van der Waals surface area contributed by atoms with Gasteiger partial charge in [-0.3, -0.25) is 4.40 Å². The van der Waals surface area contributed by atoms with E-state index in [2.05, 4.69) is 20.5 Å². The molecule has 0 aliphatic carbocycles. The Hall–Kier alpha value is -3.52. The van der Waals surface area contributed by atoms with E-state index in [9.17, 15) is 0 Å². The fraction of sp³-hybridized carbons (Fsp3) is 0.304. The molecule has 0 unspecified atom stereocenters. The zero-order chi connectivity index (χ0) is 21.0. The summed E-state index contributed by atoms with van der Waals surface area (Å²) in [5, 5.41) is 12.2. The molecule has 0 radical (unpaired) electrons. The number of methoxy groups -OCH3 is 1. The number of rotatable bonds is 6. The molecule has 1 N–H and O–H groups in total. The van der Waals surface area contributed by atoms with E-state index in [1.807, 2.05) is 53.1 Å². The Labute approximate surface area is 180 Å². The molecule has 0 amide bonds. The highest BCUT2D eigenvalue weighted by Gasteiger charge is 2.15.